The number of benzene rings is 3. The molecular weight excluding hydrogens is 550 g/mol. The molecule has 5 rings (SSSR count). The highest BCUT2D eigenvalue weighted by Gasteiger charge is 2.25. The van der Waals surface area contributed by atoms with E-state index in [1.807, 2.05) is 43.3 Å². The zero-order valence-corrected chi connectivity index (χ0v) is 24.9. The van der Waals surface area contributed by atoms with Gasteiger partial charge in [-0.2, -0.15) is 0 Å². The molecule has 2 unspecified atom stereocenters. The smallest absolute Gasteiger partial charge is 0.306 e. The van der Waals surface area contributed by atoms with Crippen LogP contribution in [0.1, 0.15) is 66.5 Å². The standard InChI is InChI=1S/C35H36ClNO3S/c1-24(38)19-28-6-2-3-8-32(28)33(17-18-41-23-40-35(39)21-26-9-10-26)29-7-4-5-25(20-29)11-15-31-16-13-27-12-14-30(36)22-34(27)37-31/h2-8,11-16,20,22,24,26,33,38H,9-10,17-19,21,23H2,1H3. The van der Waals surface area contributed by atoms with Crippen LogP contribution < -0.4 is 0 Å². The van der Waals surface area contributed by atoms with E-state index in [1.165, 1.54) is 11.1 Å². The number of hydrogen-bond acceptors (Lipinski definition) is 5. The lowest BCUT2D eigenvalue weighted by molar-refractivity contribution is -0.141. The topological polar surface area (TPSA) is 59.4 Å². The summed E-state index contributed by atoms with van der Waals surface area (Å²) in [6.07, 6.45) is 8.05. The number of aliphatic hydroxyl groups is 1. The van der Waals surface area contributed by atoms with Crippen molar-refractivity contribution in [2.45, 2.75) is 51.0 Å². The van der Waals surface area contributed by atoms with Gasteiger partial charge in [0.15, 0.2) is 0 Å². The zero-order chi connectivity index (χ0) is 28.6. The van der Waals surface area contributed by atoms with E-state index >= 15 is 0 Å². The summed E-state index contributed by atoms with van der Waals surface area (Å²) >= 11 is 7.83. The Balaban J connectivity index is 1.33. The molecule has 4 aromatic rings. The number of pyridine rings is 1. The highest BCUT2D eigenvalue weighted by atomic mass is 35.5. The highest BCUT2D eigenvalue weighted by Crippen LogP contribution is 2.34. The third-order valence-electron chi connectivity index (χ3n) is 7.39. The number of ether oxygens (including phenoxy) is 1. The van der Waals surface area contributed by atoms with Crippen molar-refractivity contribution in [2.75, 3.05) is 11.7 Å². The molecule has 0 saturated heterocycles. The summed E-state index contributed by atoms with van der Waals surface area (Å²) < 4.78 is 5.46. The minimum atomic E-state index is -0.421. The number of aliphatic hydroxyl groups excluding tert-OH is 1. The molecule has 41 heavy (non-hydrogen) atoms. The summed E-state index contributed by atoms with van der Waals surface area (Å²) in [5.74, 6) is 1.85. The summed E-state index contributed by atoms with van der Waals surface area (Å²) in [6.45, 7) is 1.83. The Labute approximate surface area is 251 Å². The van der Waals surface area contributed by atoms with E-state index in [2.05, 4.69) is 54.6 Å². The van der Waals surface area contributed by atoms with E-state index in [9.17, 15) is 9.90 Å². The van der Waals surface area contributed by atoms with Crippen LogP contribution in [0.4, 0.5) is 0 Å². The molecule has 4 nitrogen and oxygen atoms in total. The van der Waals surface area contributed by atoms with E-state index in [1.54, 1.807) is 11.8 Å². The van der Waals surface area contributed by atoms with Crippen molar-refractivity contribution in [2.24, 2.45) is 5.92 Å². The van der Waals surface area contributed by atoms with Gasteiger partial charge in [-0.3, -0.25) is 4.79 Å². The third-order valence-corrected chi connectivity index (χ3v) is 8.43. The summed E-state index contributed by atoms with van der Waals surface area (Å²) in [5, 5.41) is 11.9. The quantitative estimate of drug-likeness (QED) is 0.0967. The molecule has 1 N–H and O–H groups in total. The van der Waals surface area contributed by atoms with E-state index in [0.717, 1.165) is 52.7 Å². The molecule has 1 saturated carbocycles. The van der Waals surface area contributed by atoms with Crippen molar-refractivity contribution < 1.29 is 14.6 Å². The molecule has 1 aromatic heterocycles. The van der Waals surface area contributed by atoms with Crippen LogP contribution in [0.15, 0.2) is 78.9 Å². The maximum absolute atomic E-state index is 12.0. The normalized spacial score (nSPS) is 14.8. The Morgan fingerprint density at radius 1 is 1.07 bits per heavy atom. The highest BCUT2D eigenvalue weighted by molar-refractivity contribution is 7.99. The average molecular weight is 586 g/mol. The fraction of sp³-hybridized carbons (Fsp3) is 0.314. The van der Waals surface area contributed by atoms with Crippen molar-refractivity contribution in [1.82, 2.24) is 4.98 Å². The van der Waals surface area contributed by atoms with Gasteiger partial charge in [-0.25, -0.2) is 4.98 Å². The maximum Gasteiger partial charge on any atom is 0.306 e. The molecule has 0 bridgehead atoms. The van der Waals surface area contributed by atoms with Crippen LogP contribution in [0, 0.1) is 5.92 Å². The van der Waals surface area contributed by atoms with Crippen LogP contribution in [0.25, 0.3) is 23.1 Å². The van der Waals surface area contributed by atoms with E-state index < -0.39 is 6.10 Å². The summed E-state index contributed by atoms with van der Waals surface area (Å²) in [6, 6.07) is 26.8. The predicted molar refractivity (Wildman–Crippen MR) is 171 cm³/mol. The van der Waals surface area contributed by atoms with Gasteiger partial charge in [-0.15, -0.1) is 11.8 Å². The van der Waals surface area contributed by atoms with E-state index in [4.69, 9.17) is 21.3 Å². The number of aromatic nitrogens is 1. The van der Waals surface area contributed by atoms with Gasteiger partial charge < -0.3 is 9.84 Å². The Morgan fingerprint density at radius 2 is 1.90 bits per heavy atom. The molecule has 1 heterocycles. The molecule has 3 aromatic carbocycles. The number of hydrogen-bond donors (Lipinski definition) is 1. The van der Waals surface area contributed by atoms with Gasteiger partial charge in [0.25, 0.3) is 0 Å². The lowest BCUT2D eigenvalue weighted by atomic mass is 9.84. The van der Waals surface area contributed by atoms with Crippen molar-refractivity contribution >= 4 is 52.4 Å². The number of esters is 1. The first-order chi connectivity index (χ1) is 19.9. The minimum Gasteiger partial charge on any atom is -0.455 e. The molecule has 212 valence electrons. The SMILES string of the molecule is CC(O)Cc1ccccc1C(CCSCOC(=O)CC1CC1)c1cccc(C=Cc2ccc3ccc(Cl)cc3n2)c1. The molecule has 1 fully saturated rings. The average Bonchev–Trinajstić information content (AvgIpc) is 3.78. The fourth-order valence-electron chi connectivity index (χ4n) is 5.12. The zero-order valence-electron chi connectivity index (χ0n) is 23.3. The summed E-state index contributed by atoms with van der Waals surface area (Å²) in [5.41, 5.74) is 6.45. The maximum atomic E-state index is 12.0. The van der Waals surface area contributed by atoms with Crippen molar-refractivity contribution in [3.05, 3.63) is 112 Å². The number of nitrogens with zero attached hydrogens (tertiary/aromatic N) is 1. The van der Waals surface area contributed by atoms with Crippen molar-refractivity contribution in [3.63, 3.8) is 0 Å². The number of carbonyl (C=O) groups excluding carboxylic acids is 1. The molecule has 0 radical (unpaired) electrons. The van der Waals surface area contributed by atoms with Crippen molar-refractivity contribution in [1.29, 1.82) is 0 Å². The number of thioether (sulfide) groups is 1. The predicted octanol–water partition coefficient (Wildman–Crippen LogP) is 8.54. The molecule has 2 atom stereocenters. The third kappa shape index (κ3) is 8.68. The number of fused-ring (bicyclic) bond motifs is 1. The van der Waals surface area contributed by atoms with Crippen molar-refractivity contribution in [3.8, 4) is 0 Å². The molecule has 0 spiro atoms. The Hall–Kier alpha value is -3.12. The van der Waals surface area contributed by atoms with Gasteiger partial charge in [-0.1, -0.05) is 78.3 Å². The van der Waals surface area contributed by atoms with Crippen LogP contribution >= 0.6 is 23.4 Å². The lowest BCUT2D eigenvalue weighted by Gasteiger charge is -2.22. The molecule has 1 aliphatic carbocycles. The number of halogens is 1. The molecule has 1 aliphatic rings. The minimum absolute atomic E-state index is 0.0812. The van der Waals surface area contributed by atoms with E-state index in [-0.39, 0.29) is 11.9 Å². The lowest BCUT2D eigenvalue weighted by Crippen LogP contribution is -2.11. The Morgan fingerprint density at radius 3 is 2.73 bits per heavy atom. The van der Waals surface area contributed by atoms with Gasteiger partial charge >= 0.3 is 5.97 Å². The summed E-state index contributed by atoms with van der Waals surface area (Å²) in [4.78, 5) is 16.7. The van der Waals surface area contributed by atoms with Gasteiger partial charge in [0.1, 0.15) is 5.94 Å². The first-order valence-corrected chi connectivity index (χ1v) is 15.8. The van der Waals surface area contributed by atoms with Gasteiger partial charge in [0, 0.05) is 22.7 Å². The van der Waals surface area contributed by atoms with Crippen LogP contribution in [-0.4, -0.2) is 33.9 Å². The first kappa shape index (κ1) is 29.4. The molecule has 0 aliphatic heterocycles. The second-order valence-electron chi connectivity index (χ2n) is 10.9. The first-order valence-electron chi connectivity index (χ1n) is 14.3. The van der Waals surface area contributed by atoms with Gasteiger partial charge in [0.2, 0.25) is 0 Å². The Kier molecular flexibility index (Phi) is 10.2. The number of carbonyl (C=O) groups is 1. The van der Waals surface area contributed by atoms with Gasteiger partial charge in [0.05, 0.1) is 17.3 Å². The van der Waals surface area contributed by atoms with E-state index in [0.29, 0.717) is 29.7 Å². The molecule has 0 amide bonds. The second kappa shape index (κ2) is 14.2. The molecule has 6 heteroatoms. The summed E-state index contributed by atoms with van der Waals surface area (Å²) in [7, 11) is 0. The monoisotopic (exact) mass is 585 g/mol. The fourth-order valence-corrected chi connectivity index (χ4v) is 6.03. The van der Waals surface area contributed by atoms with Gasteiger partial charge in [-0.05, 0) is 90.8 Å². The Bertz CT molecular complexity index is 1510. The number of rotatable bonds is 13. The van der Waals surface area contributed by atoms with Crippen LogP contribution in [0.5, 0.6) is 0 Å². The van der Waals surface area contributed by atoms with Crippen LogP contribution in [-0.2, 0) is 16.0 Å². The van der Waals surface area contributed by atoms with Crippen LogP contribution in [0.2, 0.25) is 5.02 Å². The molecular formula is C35H36ClNO3S. The largest absolute Gasteiger partial charge is 0.455 e. The second-order valence-corrected chi connectivity index (χ2v) is 12.3. The van der Waals surface area contributed by atoms with Crippen LogP contribution in [0.3, 0.4) is 0 Å².